The fraction of sp³-hybridized carbons (Fsp3) is 0.133. The van der Waals surface area contributed by atoms with Crippen LogP contribution in [0.25, 0.3) is 10.8 Å². The number of nitrogens with one attached hydrogen (secondary N) is 3. The number of nitrogens with zero attached hydrogens (tertiary/aromatic N) is 2. The number of carbonyl (C=O) groups is 1. The average molecular weight is 281 g/mol. The predicted molar refractivity (Wildman–Crippen MR) is 80.5 cm³/mol. The molecule has 2 heterocycles. The Morgan fingerprint density at radius 1 is 1.33 bits per heavy atom. The molecule has 0 saturated heterocycles. The maximum absolute atomic E-state index is 11.9. The standard InChI is InChI=1S/C15H15N5O/c1-10-7-12(18-17-10)8-15(21)20-19-14-4-2-3-11-9-16-6-5-13(11)14/h2-7,9,19H,8H2,1H3,(H,17,18)(H,20,21). The van der Waals surface area contributed by atoms with Gasteiger partial charge >= 0.3 is 0 Å². The van der Waals surface area contributed by atoms with E-state index in [0.717, 1.165) is 22.2 Å². The number of fused-ring (bicyclic) bond motifs is 1. The smallest absolute Gasteiger partial charge is 0.244 e. The quantitative estimate of drug-likeness (QED) is 0.638. The molecule has 0 aliphatic heterocycles. The Balaban J connectivity index is 1.67. The highest BCUT2D eigenvalue weighted by Gasteiger charge is 2.06. The Bertz CT molecular complexity index is 775. The van der Waals surface area contributed by atoms with Crippen LogP contribution in [0.1, 0.15) is 11.4 Å². The molecule has 1 aromatic carbocycles. The molecule has 0 aliphatic carbocycles. The van der Waals surface area contributed by atoms with Crippen LogP contribution in [-0.4, -0.2) is 21.1 Å². The number of carbonyl (C=O) groups excluding carboxylic acids is 1. The zero-order valence-corrected chi connectivity index (χ0v) is 11.6. The number of hydrogen-bond acceptors (Lipinski definition) is 4. The Morgan fingerprint density at radius 3 is 3.05 bits per heavy atom. The van der Waals surface area contributed by atoms with Gasteiger partial charge in [0, 0.05) is 28.9 Å². The molecule has 6 heteroatoms. The van der Waals surface area contributed by atoms with Gasteiger partial charge in [0.1, 0.15) is 0 Å². The van der Waals surface area contributed by atoms with Crippen molar-refractivity contribution in [3.8, 4) is 0 Å². The van der Waals surface area contributed by atoms with E-state index in [9.17, 15) is 4.79 Å². The van der Waals surface area contributed by atoms with Crippen molar-refractivity contribution in [1.29, 1.82) is 0 Å². The summed E-state index contributed by atoms with van der Waals surface area (Å²) in [5.74, 6) is -0.146. The SMILES string of the molecule is Cc1cc(CC(=O)NNc2cccc3cnccc23)n[nH]1. The first kappa shape index (κ1) is 13.1. The molecule has 0 unspecified atom stereocenters. The van der Waals surface area contributed by atoms with Gasteiger partial charge in [-0.05, 0) is 25.1 Å². The fourth-order valence-electron chi connectivity index (χ4n) is 2.14. The fourth-order valence-corrected chi connectivity index (χ4v) is 2.14. The number of aromatic nitrogens is 3. The molecule has 21 heavy (non-hydrogen) atoms. The number of pyridine rings is 1. The van der Waals surface area contributed by atoms with E-state index >= 15 is 0 Å². The van der Waals surface area contributed by atoms with Crippen molar-refractivity contribution in [2.45, 2.75) is 13.3 Å². The third kappa shape index (κ3) is 3.00. The van der Waals surface area contributed by atoms with Gasteiger partial charge in [-0.3, -0.25) is 25.7 Å². The van der Waals surface area contributed by atoms with Gasteiger partial charge in [0.2, 0.25) is 5.91 Å². The minimum absolute atomic E-state index is 0.146. The van der Waals surface area contributed by atoms with Crippen LogP contribution in [0.4, 0.5) is 5.69 Å². The van der Waals surface area contributed by atoms with Crippen molar-refractivity contribution in [3.05, 3.63) is 54.1 Å². The molecule has 2 aromatic heterocycles. The van der Waals surface area contributed by atoms with Crippen molar-refractivity contribution in [2.75, 3.05) is 5.43 Å². The van der Waals surface area contributed by atoms with Crippen molar-refractivity contribution in [1.82, 2.24) is 20.6 Å². The number of aromatic amines is 1. The van der Waals surface area contributed by atoms with E-state index in [1.807, 2.05) is 37.3 Å². The second-order valence-corrected chi connectivity index (χ2v) is 4.79. The average Bonchev–Trinajstić information content (AvgIpc) is 2.90. The Kier molecular flexibility index (Phi) is 3.51. The van der Waals surface area contributed by atoms with Crippen LogP contribution < -0.4 is 10.9 Å². The van der Waals surface area contributed by atoms with Crippen molar-refractivity contribution < 1.29 is 4.79 Å². The van der Waals surface area contributed by atoms with Gasteiger partial charge in [-0.2, -0.15) is 5.10 Å². The molecule has 0 spiro atoms. The first-order valence-corrected chi connectivity index (χ1v) is 6.61. The van der Waals surface area contributed by atoms with Crippen LogP contribution in [0.15, 0.2) is 42.7 Å². The predicted octanol–water partition coefficient (Wildman–Crippen LogP) is 1.95. The highest BCUT2D eigenvalue weighted by Crippen LogP contribution is 2.21. The molecule has 6 nitrogen and oxygen atoms in total. The zero-order chi connectivity index (χ0) is 14.7. The highest BCUT2D eigenvalue weighted by molar-refractivity contribution is 5.94. The van der Waals surface area contributed by atoms with Gasteiger partial charge < -0.3 is 0 Å². The molecule has 1 amide bonds. The summed E-state index contributed by atoms with van der Waals surface area (Å²) in [6, 6.07) is 9.54. The summed E-state index contributed by atoms with van der Waals surface area (Å²) in [6.07, 6.45) is 3.74. The molecule has 0 saturated carbocycles. The molecule has 0 bridgehead atoms. The van der Waals surface area contributed by atoms with Crippen LogP contribution in [0.5, 0.6) is 0 Å². The lowest BCUT2D eigenvalue weighted by Crippen LogP contribution is -2.30. The molecule has 0 radical (unpaired) electrons. The van der Waals surface area contributed by atoms with Crippen LogP contribution in [-0.2, 0) is 11.2 Å². The lowest BCUT2D eigenvalue weighted by molar-refractivity contribution is -0.120. The summed E-state index contributed by atoms with van der Waals surface area (Å²) in [5.41, 5.74) is 8.12. The number of rotatable bonds is 4. The first-order chi connectivity index (χ1) is 10.2. The van der Waals surface area contributed by atoms with Crippen molar-refractivity contribution in [3.63, 3.8) is 0 Å². The topological polar surface area (TPSA) is 82.7 Å². The summed E-state index contributed by atoms with van der Waals surface area (Å²) >= 11 is 0. The van der Waals surface area contributed by atoms with E-state index < -0.39 is 0 Å². The van der Waals surface area contributed by atoms with E-state index in [4.69, 9.17) is 0 Å². The highest BCUT2D eigenvalue weighted by atomic mass is 16.2. The van der Waals surface area contributed by atoms with Gasteiger partial charge in [-0.1, -0.05) is 12.1 Å². The van der Waals surface area contributed by atoms with Crippen molar-refractivity contribution >= 4 is 22.4 Å². The van der Waals surface area contributed by atoms with E-state index in [0.29, 0.717) is 5.69 Å². The second kappa shape index (κ2) is 5.62. The molecule has 106 valence electrons. The Labute approximate surface area is 121 Å². The summed E-state index contributed by atoms with van der Waals surface area (Å²) in [5, 5.41) is 8.87. The summed E-state index contributed by atoms with van der Waals surface area (Å²) in [6.45, 7) is 1.90. The molecule has 3 aromatic rings. The lowest BCUT2D eigenvalue weighted by Gasteiger charge is -2.10. The number of H-pyrrole nitrogens is 1. The normalized spacial score (nSPS) is 10.5. The van der Waals surface area contributed by atoms with E-state index in [1.54, 1.807) is 12.4 Å². The van der Waals surface area contributed by atoms with Crippen molar-refractivity contribution in [2.24, 2.45) is 0 Å². The molecule has 0 fully saturated rings. The monoisotopic (exact) mass is 281 g/mol. The first-order valence-electron chi connectivity index (χ1n) is 6.61. The third-order valence-electron chi connectivity index (χ3n) is 3.12. The zero-order valence-electron chi connectivity index (χ0n) is 11.6. The number of anilines is 1. The van der Waals surface area contributed by atoms with E-state index in [1.165, 1.54) is 0 Å². The van der Waals surface area contributed by atoms with Gasteiger partial charge in [0.15, 0.2) is 0 Å². The van der Waals surface area contributed by atoms with Gasteiger partial charge in [-0.25, -0.2) is 0 Å². The molecule has 0 atom stereocenters. The van der Waals surface area contributed by atoms with E-state index in [2.05, 4.69) is 26.0 Å². The molecule has 3 rings (SSSR count). The van der Waals surface area contributed by atoms with Gasteiger partial charge in [0.25, 0.3) is 0 Å². The van der Waals surface area contributed by atoms with Crippen LogP contribution in [0.2, 0.25) is 0 Å². The minimum atomic E-state index is -0.146. The third-order valence-corrected chi connectivity index (χ3v) is 3.12. The van der Waals surface area contributed by atoms with Crippen LogP contribution in [0.3, 0.4) is 0 Å². The van der Waals surface area contributed by atoms with Crippen LogP contribution >= 0.6 is 0 Å². The largest absolute Gasteiger partial charge is 0.298 e. The Morgan fingerprint density at radius 2 is 2.24 bits per heavy atom. The molecule has 3 N–H and O–H groups in total. The number of hydrazine groups is 1. The molecular weight excluding hydrogens is 266 g/mol. The summed E-state index contributed by atoms with van der Waals surface area (Å²) < 4.78 is 0. The number of hydrogen-bond donors (Lipinski definition) is 3. The van der Waals surface area contributed by atoms with Gasteiger partial charge in [0.05, 0.1) is 17.8 Å². The number of amides is 1. The van der Waals surface area contributed by atoms with Crippen LogP contribution in [0, 0.1) is 6.92 Å². The molecular formula is C15H15N5O. The number of benzene rings is 1. The maximum atomic E-state index is 11.9. The summed E-state index contributed by atoms with van der Waals surface area (Å²) in [4.78, 5) is 16.0. The minimum Gasteiger partial charge on any atom is -0.298 e. The van der Waals surface area contributed by atoms with Gasteiger partial charge in [-0.15, -0.1) is 0 Å². The second-order valence-electron chi connectivity index (χ2n) is 4.79. The van der Waals surface area contributed by atoms with E-state index in [-0.39, 0.29) is 12.3 Å². The Hall–Kier alpha value is -2.89. The summed E-state index contributed by atoms with van der Waals surface area (Å²) in [7, 11) is 0. The maximum Gasteiger partial charge on any atom is 0.244 e. The molecule has 0 aliphatic rings. The number of aryl methyl sites for hydroxylation is 1. The lowest BCUT2D eigenvalue weighted by atomic mass is 10.1.